The van der Waals surface area contributed by atoms with Crippen molar-refractivity contribution >= 4 is 21.8 Å². The van der Waals surface area contributed by atoms with E-state index < -0.39 is 0 Å². The zero-order valence-electron chi connectivity index (χ0n) is 12.9. The SMILES string of the molecule is O=C(C1CC12CCNCC2)N1CCCC1c1cccc(Br)c1. The highest BCUT2D eigenvalue weighted by Gasteiger charge is 2.59. The fourth-order valence-electron chi connectivity index (χ4n) is 4.47. The summed E-state index contributed by atoms with van der Waals surface area (Å²) in [6.45, 7) is 3.10. The molecule has 1 amide bonds. The predicted molar refractivity (Wildman–Crippen MR) is 90.5 cm³/mol. The van der Waals surface area contributed by atoms with Crippen molar-refractivity contribution < 1.29 is 4.79 Å². The Kier molecular flexibility index (Phi) is 3.77. The van der Waals surface area contributed by atoms with Gasteiger partial charge in [0, 0.05) is 16.9 Å². The predicted octanol–water partition coefficient (Wildman–Crippen LogP) is 3.50. The average molecular weight is 363 g/mol. The second-order valence-corrected chi connectivity index (χ2v) is 8.03. The lowest BCUT2D eigenvalue weighted by Crippen LogP contribution is -2.36. The Morgan fingerprint density at radius 1 is 1.32 bits per heavy atom. The molecule has 0 radical (unpaired) electrons. The average Bonchev–Trinajstić information content (AvgIpc) is 2.99. The third-order valence-electron chi connectivity index (χ3n) is 5.86. The van der Waals surface area contributed by atoms with Crippen molar-refractivity contribution in [2.45, 2.75) is 38.1 Å². The molecule has 3 nitrogen and oxygen atoms in total. The molecule has 3 fully saturated rings. The summed E-state index contributed by atoms with van der Waals surface area (Å²) < 4.78 is 1.10. The van der Waals surface area contributed by atoms with E-state index >= 15 is 0 Å². The van der Waals surface area contributed by atoms with E-state index in [0.29, 0.717) is 17.2 Å². The maximum atomic E-state index is 13.0. The number of likely N-dealkylation sites (tertiary alicyclic amines) is 1. The van der Waals surface area contributed by atoms with E-state index in [9.17, 15) is 4.79 Å². The van der Waals surface area contributed by atoms with Crippen LogP contribution in [-0.4, -0.2) is 30.4 Å². The van der Waals surface area contributed by atoms with Gasteiger partial charge in [0.15, 0.2) is 0 Å². The molecule has 1 spiro atoms. The van der Waals surface area contributed by atoms with E-state index in [2.05, 4.69) is 50.4 Å². The van der Waals surface area contributed by atoms with Gasteiger partial charge in [0.1, 0.15) is 0 Å². The van der Waals surface area contributed by atoms with Gasteiger partial charge in [0.05, 0.1) is 6.04 Å². The van der Waals surface area contributed by atoms with Crippen LogP contribution in [-0.2, 0) is 4.79 Å². The minimum atomic E-state index is 0.282. The molecule has 0 bridgehead atoms. The Morgan fingerprint density at radius 3 is 2.91 bits per heavy atom. The molecular formula is C18H23BrN2O. The maximum absolute atomic E-state index is 13.0. The zero-order valence-corrected chi connectivity index (χ0v) is 14.4. The van der Waals surface area contributed by atoms with Crippen molar-refractivity contribution in [3.63, 3.8) is 0 Å². The molecule has 1 N–H and O–H groups in total. The molecule has 4 rings (SSSR count). The van der Waals surface area contributed by atoms with Gasteiger partial charge in [-0.15, -0.1) is 0 Å². The smallest absolute Gasteiger partial charge is 0.226 e. The molecule has 2 aliphatic heterocycles. The van der Waals surface area contributed by atoms with Gasteiger partial charge in [-0.25, -0.2) is 0 Å². The third-order valence-corrected chi connectivity index (χ3v) is 6.35. The van der Waals surface area contributed by atoms with Crippen LogP contribution in [0.3, 0.4) is 0 Å². The van der Waals surface area contributed by atoms with Gasteiger partial charge in [0.25, 0.3) is 0 Å². The highest BCUT2D eigenvalue weighted by Crippen LogP contribution is 2.59. The highest BCUT2D eigenvalue weighted by molar-refractivity contribution is 9.10. The maximum Gasteiger partial charge on any atom is 0.226 e. The summed E-state index contributed by atoms with van der Waals surface area (Å²) in [6.07, 6.45) is 5.71. The first kappa shape index (κ1) is 14.7. The van der Waals surface area contributed by atoms with Crippen molar-refractivity contribution in [2.75, 3.05) is 19.6 Å². The molecule has 1 aromatic rings. The van der Waals surface area contributed by atoms with Crippen LogP contribution in [0.25, 0.3) is 0 Å². The summed E-state index contributed by atoms with van der Waals surface area (Å²) in [5.74, 6) is 0.715. The molecule has 0 aromatic heterocycles. The van der Waals surface area contributed by atoms with E-state index in [-0.39, 0.29) is 6.04 Å². The van der Waals surface area contributed by atoms with Crippen LogP contribution in [0.1, 0.15) is 43.7 Å². The monoisotopic (exact) mass is 362 g/mol. The summed E-state index contributed by atoms with van der Waals surface area (Å²) in [6, 6.07) is 8.74. The summed E-state index contributed by atoms with van der Waals surface area (Å²) in [7, 11) is 0. The van der Waals surface area contributed by atoms with Crippen LogP contribution in [0.5, 0.6) is 0 Å². The number of hydrogen-bond acceptors (Lipinski definition) is 2. The summed E-state index contributed by atoms with van der Waals surface area (Å²) in [5, 5.41) is 3.42. The number of nitrogens with one attached hydrogen (secondary N) is 1. The van der Waals surface area contributed by atoms with Crippen LogP contribution in [0, 0.1) is 11.3 Å². The molecule has 1 aliphatic carbocycles. The minimum Gasteiger partial charge on any atom is -0.335 e. The number of benzene rings is 1. The van der Waals surface area contributed by atoms with Gasteiger partial charge < -0.3 is 10.2 Å². The number of rotatable bonds is 2. The summed E-state index contributed by atoms with van der Waals surface area (Å²) >= 11 is 3.55. The first-order valence-electron chi connectivity index (χ1n) is 8.46. The van der Waals surface area contributed by atoms with Crippen LogP contribution in [0.15, 0.2) is 28.7 Å². The molecule has 4 heteroatoms. The van der Waals surface area contributed by atoms with Crippen molar-refractivity contribution in [3.8, 4) is 0 Å². The van der Waals surface area contributed by atoms with Crippen molar-refractivity contribution in [3.05, 3.63) is 34.3 Å². The number of carbonyl (C=O) groups is 1. The van der Waals surface area contributed by atoms with Gasteiger partial charge in [-0.05, 0) is 68.3 Å². The molecular weight excluding hydrogens is 340 g/mol. The molecule has 2 saturated heterocycles. The topological polar surface area (TPSA) is 32.3 Å². The molecule has 3 aliphatic rings. The first-order valence-corrected chi connectivity index (χ1v) is 9.26. The number of piperidine rings is 1. The number of halogens is 1. The van der Waals surface area contributed by atoms with E-state index in [1.165, 1.54) is 18.4 Å². The van der Waals surface area contributed by atoms with E-state index in [0.717, 1.165) is 43.4 Å². The van der Waals surface area contributed by atoms with E-state index in [4.69, 9.17) is 0 Å². The quantitative estimate of drug-likeness (QED) is 0.872. The van der Waals surface area contributed by atoms with Gasteiger partial charge in [-0.2, -0.15) is 0 Å². The van der Waals surface area contributed by atoms with Crippen LogP contribution in [0.2, 0.25) is 0 Å². The largest absolute Gasteiger partial charge is 0.335 e. The van der Waals surface area contributed by atoms with Gasteiger partial charge in [0.2, 0.25) is 5.91 Å². The number of carbonyl (C=O) groups excluding carboxylic acids is 1. The first-order chi connectivity index (χ1) is 10.7. The standard InChI is InChI=1S/C18H23BrN2O/c19-14-4-1-3-13(11-14)16-5-2-10-21(16)17(22)15-12-18(15)6-8-20-9-7-18/h1,3-4,11,15-16,20H,2,5-10,12H2. The second-order valence-electron chi connectivity index (χ2n) is 7.11. The van der Waals surface area contributed by atoms with Crippen molar-refractivity contribution in [1.82, 2.24) is 10.2 Å². The molecule has 2 heterocycles. The van der Waals surface area contributed by atoms with Gasteiger partial charge in [-0.3, -0.25) is 4.79 Å². The Bertz CT molecular complexity index is 582. The Balaban J connectivity index is 1.51. The fourth-order valence-corrected chi connectivity index (χ4v) is 4.88. The van der Waals surface area contributed by atoms with E-state index in [1.54, 1.807) is 0 Å². The van der Waals surface area contributed by atoms with Crippen molar-refractivity contribution in [2.24, 2.45) is 11.3 Å². The molecule has 2 unspecified atom stereocenters. The lowest BCUT2D eigenvalue weighted by molar-refractivity contribution is -0.134. The van der Waals surface area contributed by atoms with Crippen LogP contribution in [0.4, 0.5) is 0 Å². The fraction of sp³-hybridized carbons (Fsp3) is 0.611. The molecule has 1 aromatic carbocycles. The Morgan fingerprint density at radius 2 is 2.14 bits per heavy atom. The van der Waals surface area contributed by atoms with Crippen molar-refractivity contribution in [1.29, 1.82) is 0 Å². The Hall–Kier alpha value is -0.870. The second kappa shape index (κ2) is 5.64. The zero-order chi connectivity index (χ0) is 15.2. The number of hydrogen-bond donors (Lipinski definition) is 1. The third kappa shape index (κ3) is 2.50. The lowest BCUT2D eigenvalue weighted by atomic mass is 9.91. The summed E-state index contributed by atoms with van der Waals surface area (Å²) in [4.78, 5) is 15.2. The lowest BCUT2D eigenvalue weighted by Gasteiger charge is -2.28. The summed E-state index contributed by atoms with van der Waals surface area (Å²) in [5.41, 5.74) is 1.62. The highest BCUT2D eigenvalue weighted by atomic mass is 79.9. The Labute approximate surface area is 140 Å². The van der Waals surface area contributed by atoms with Gasteiger partial charge >= 0.3 is 0 Å². The van der Waals surface area contributed by atoms with Crippen LogP contribution >= 0.6 is 15.9 Å². The number of amides is 1. The molecule has 118 valence electrons. The van der Waals surface area contributed by atoms with E-state index in [1.807, 2.05) is 0 Å². The molecule has 1 saturated carbocycles. The molecule has 22 heavy (non-hydrogen) atoms. The molecule has 2 atom stereocenters. The number of nitrogens with zero attached hydrogens (tertiary/aromatic N) is 1. The minimum absolute atomic E-state index is 0.282. The normalized spacial score (nSPS) is 29.8. The van der Waals surface area contributed by atoms with Gasteiger partial charge in [-0.1, -0.05) is 28.1 Å². The van der Waals surface area contributed by atoms with Crippen LogP contribution < -0.4 is 5.32 Å².